The van der Waals surface area contributed by atoms with E-state index in [-0.39, 0.29) is 5.91 Å². The fraction of sp³-hybridized carbons (Fsp3) is 0.650. The van der Waals surface area contributed by atoms with Gasteiger partial charge in [-0.3, -0.25) is 4.79 Å². The average Bonchev–Trinajstić information content (AvgIpc) is 2.97. The Hall–Kier alpha value is -1.53. The monoisotopic (exact) mass is 374 g/mol. The number of nitrogens with one attached hydrogen (secondary N) is 1. The quantitative estimate of drug-likeness (QED) is 0.814. The van der Waals surface area contributed by atoms with Crippen LogP contribution >= 0.6 is 11.3 Å². The minimum atomic E-state index is -0.0858. The topological polar surface area (TPSA) is 58.1 Å². The molecule has 0 saturated carbocycles. The first-order valence-corrected chi connectivity index (χ1v) is 10.3. The summed E-state index contributed by atoms with van der Waals surface area (Å²) in [6.45, 7) is 8.58. The van der Waals surface area contributed by atoms with Gasteiger partial charge in [-0.25, -0.2) is 9.97 Å². The van der Waals surface area contributed by atoms with Crippen molar-refractivity contribution in [1.82, 2.24) is 20.2 Å². The highest BCUT2D eigenvalue weighted by molar-refractivity contribution is 7.19. The van der Waals surface area contributed by atoms with E-state index >= 15 is 0 Å². The van der Waals surface area contributed by atoms with Gasteiger partial charge in [0.1, 0.15) is 10.3 Å². The zero-order valence-electron chi connectivity index (χ0n) is 16.6. The molecule has 2 heterocycles. The van der Waals surface area contributed by atoms with Crippen LogP contribution in [0.1, 0.15) is 54.7 Å². The molecule has 2 aromatic heterocycles. The Balaban J connectivity index is 1.73. The number of aryl methyl sites for hydroxylation is 1. The van der Waals surface area contributed by atoms with Crippen molar-refractivity contribution in [2.45, 2.75) is 46.5 Å². The molecular formula is C20H30N4OS. The zero-order valence-corrected chi connectivity index (χ0v) is 17.4. The van der Waals surface area contributed by atoms with E-state index in [0.29, 0.717) is 22.9 Å². The van der Waals surface area contributed by atoms with Crippen molar-refractivity contribution in [3.8, 4) is 0 Å². The fourth-order valence-electron chi connectivity index (χ4n) is 3.52. The molecule has 1 atom stereocenters. The Kier molecular flexibility index (Phi) is 5.63. The lowest BCUT2D eigenvalue weighted by molar-refractivity contribution is 0.0952. The van der Waals surface area contributed by atoms with Gasteiger partial charge in [-0.2, -0.15) is 0 Å². The molecule has 0 fully saturated rings. The Bertz CT molecular complexity index is 791. The van der Waals surface area contributed by atoms with Crippen LogP contribution in [0.25, 0.3) is 10.3 Å². The third-order valence-electron chi connectivity index (χ3n) is 5.24. The molecule has 0 spiro atoms. The SMILES string of the molecule is CN(C)CCCNC(=O)c1nc2cc3c(nc2s1)CCC(C(C)(C)C)C3. The molecule has 0 radical (unpaired) electrons. The Labute approximate surface area is 160 Å². The van der Waals surface area contributed by atoms with Gasteiger partial charge in [0, 0.05) is 12.2 Å². The Morgan fingerprint density at radius 2 is 2.12 bits per heavy atom. The standard InChI is InChI=1S/C20H30N4OS/c1-20(2,3)14-7-8-15-13(11-14)12-16-18(22-15)26-19(23-16)17(25)21-9-6-10-24(4)5/h12,14H,6-11H2,1-5H3,(H,21,25). The average molecular weight is 375 g/mol. The van der Waals surface area contributed by atoms with E-state index in [1.807, 2.05) is 14.1 Å². The van der Waals surface area contributed by atoms with E-state index in [0.717, 1.165) is 36.2 Å². The lowest BCUT2D eigenvalue weighted by Gasteiger charge is -2.34. The minimum Gasteiger partial charge on any atom is -0.350 e. The number of thiazole rings is 1. The van der Waals surface area contributed by atoms with Crippen LogP contribution in [0.4, 0.5) is 0 Å². The number of carbonyl (C=O) groups is 1. The van der Waals surface area contributed by atoms with Gasteiger partial charge in [0.15, 0.2) is 5.01 Å². The number of fused-ring (bicyclic) bond motifs is 2. The predicted octanol–water partition coefficient (Wildman–Crippen LogP) is 3.52. The number of hydrogen-bond acceptors (Lipinski definition) is 5. The smallest absolute Gasteiger partial charge is 0.280 e. The van der Waals surface area contributed by atoms with Crippen molar-refractivity contribution >= 4 is 27.6 Å². The van der Waals surface area contributed by atoms with Crippen LogP contribution in [0.15, 0.2) is 6.07 Å². The van der Waals surface area contributed by atoms with E-state index in [2.05, 4.69) is 42.0 Å². The zero-order chi connectivity index (χ0) is 18.9. The minimum absolute atomic E-state index is 0.0858. The molecule has 1 aliphatic rings. The summed E-state index contributed by atoms with van der Waals surface area (Å²) in [4.78, 5) is 24.7. The molecule has 1 aliphatic carbocycles. The summed E-state index contributed by atoms with van der Waals surface area (Å²) >= 11 is 1.40. The summed E-state index contributed by atoms with van der Waals surface area (Å²) in [6, 6.07) is 2.16. The van der Waals surface area contributed by atoms with Crippen LogP contribution in [0.2, 0.25) is 0 Å². The molecule has 0 aromatic carbocycles. The number of aromatic nitrogens is 2. The van der Waals surface area contributed by atoms with Crippen molar-refractivity contribution in [3.63, 3.8) is 0 Å². The Morgan fingerprint density at radius 1 is 1.35 bits per heavy atom. The highest BCUT2D eigenvalue weighted by Gasteiger charge is 2.29. The highest BCUT2D eigenvalue weighted by Crippen LogP contribution is 2.38. The van der Waals surface area contributed by atoms with Crippen LogP contribution in [0.3, 0.4) is 0 Å². The second kappa shape index (κ2) is 7.61. The lowest BCUT2D eigenvalue weighted by atomic mass is 9.71. The van der Waals surface area contributed by atoms with Crippen LogP contribution in [0.5, 0.6) is 0 Å². The first-order valence-electron chi connectivity index (χ1n) is 9.46. The molecule has 0 saturated heterocycles. The molecule has 26 heavy (non-hydrogen) atoms. The number of nitrogens with zero attached hydrogens (tertiary/aromatic N) is 3. The van der Waals surface area contributed by atoms with E-state index in [4.69, 9.17) is 4.98 Å². The maximum atomic E-state index is 12.4. The van der Waals surface area contributed by atoms with Crippen molar-refractivity contribution < 1.29 is 4.79 Å². The normalized spacial score (nSPS) is 17.5. The van der Waals surface area contributed by atoms with Gasteiger partial charge < -0.3 is 10.2 Å². The van der Waals surface area contributed by atoms with Crippen molar-refractivity contribution in [1.29, 1.82) is 0 Å². The highest BCUT2D eigenvalue weighted by atomic mass is 32.1. The molecule has 0 aliphatic heterocycles. The van der Waals surface area contributed by atoms with E-state index < -0.39 is 0 Å². The fourth-order valence-corrected chi connectivity index (χ4v) is 4.38. The molecule has 1 N–H and O–H groups in total. The molecule has 1 unspecified atom stereocenters. The van der Waals surface area contributed by atoms with Gasteiger partial charge >= 0.3 is 0 Å². The van der Waals surface area contributed by atoms with E-state index in [1.54, 1.807) is 0 Å². The number of hydrogen-bond donors (Lipinski definition) is 1. The third-order valence-corrected chi connectivity index (χ3v) is 6.20. The molecule has 0 bridgehead atoms. The van der Waals surface area contributed by atoms with Gasteiger partial charge in [0.25, 0.3) is 5.91 Å². The second-order valence-corrected chi connectivity index (χ2v) is 9.63. The largest absolute Gasteiger partial charge is 0.350 e. The van der Waals surface area contributed by atoms with E-state index in [1.165, 1.54) is 29.0 Å². The lowest BCUT2D eigenvalue weighted by Crippen LogP contribution is -2.27. The summed E-state index contributed by atoms with van der Waals surface area (Å²) in [5.74, 6) is 0.588. The molecule has 3 rings (SSSR count). The number of rotatable bonds is 5. The van der Waals surface area contributed by atoms with Gasteiger partial charge in [-0.1, -0.05) is 32.1 Å². The predicted molar refractivity (Wildman–Crippen MR) is 108 cm³/mol. The summed E-state index contributed by atoms with van der Waals surface area (Å²) in [7, 11) is 4.07. The summed E-state index contributed by atoms with van der Waals surface area (Å²) < 4.78 is 0. The number of amides is 1. The first-order chi connectivity index (χ1) is 12.2. The first kappa shape index (κ1) is 19.2. The molecule has 6 heteroatoms. The molecule has 5 nitrogen and oxygen atoms in total. The number of carbonyl (C=O) groups excluding carboxylic acids is 1. The summed E-state index contributed by atoms with van der Waals surface area (Å²) in [5, 5.41) is 3.49. The van der Waals surface area contributed by atoms with Crippen LogP contribution < -0.4 is 5.32 Å². The Morgan fingerprint density at radius 3 is 2.81 bits per heavy atom. The molecular weight excluding hydrogens is 344 g/mol. The maximum Gasteiger partial charge on any atom is 0.280 e. The van der Waals surface area contributed by atoms with Crippen LogP contribution in [-0.4, -0.2) is 48.0 Å². The van der Waals surface area contributed by atoms with Crippen LogP contribution in [0, 0.1) is 11.3 Å². The molecule has 142 valence electrons. The van der Waals surface area contributed by atoms with Gasteiger partial charge in [-0.15, -0.1) is 0 Å². The second-order valence-electron chi connectivity index (χ2n) is 8.66. The van der Waals surface area contributed by atoms with Gasteiger partial charge in [0.05, 0.1) is 0 Å². The van der Waals surface area contributed by atoms with Gasteiger partial charge in [-0.05, 0) is 69.3 Å². The maximum absolute atomic E-state index is 12.4. The van der Waals surface area contributed by atoms with Gasteiger partial charge in [0.2, 0.25) is 0 Å². The van der Waals surface area contributed by atoms with E-state index in [9.17, 15) is 4.79 Å². The molecule has 1 amide bonds. The summed E-state index contributed by atoms with van der Waals surface area (Å²) in [5.41, 5.74) is 3.68. The van der Waals surface area contributed by atoms with Crippen molar-refractivity contribution in [2.75, 3.05) is 27.2 Å². The van der Waals surface area contributed by atoms with Crippen molar-refractivity contribution in [2.24, 2.45) is 11.3 Å². The van der Waals surface area contributed by atoms with Crippen LogP contribution in [-0.2, 0) is 12.8 Å². The summed E-state index contributed by atoms with van der Waals surface area (Å²) in [6.07, 6.45) is 4.21. The third kappa shape index (κ3) is 4.41. The number of pyridine rings is 1. The van der Waals surface area contributed by atoms with Crippen molar-refractivity contribution in [3.05, 3.63) is 22.3 Å². The molecule has 2 aromatic rings.